The molecule has 1 aliphatic rings. The van der Waals surface area contributed by atoms with Gasteiger partial charge in [0, 0.05) is 0 Å². The number of morpholine rings is 1. The van der Waals surface area contributed by atoms with E-state index in [1.807, 2.05) is 13.8 Å². The molecular formula is C11H17NO3. The Kier molecular flexibility index (Phi) is 3.72. The van der Waals surface area contributed by atoms with Crippen LogP contribution in [-0.2, 0) is 9.53 Å². The second kappa shape index (κ2) is 4.65. The monoisotopic (exact) mass is 211 g/mol. The van der Waals surface area contributed by atoms with Crippen molar-refractivity contribution in [1.29, 1.82) is 0 Å². The van der Waals surface area contributed by atoms with Crippen LogP contribution < -0.4 is 0 Å². The van der Waals surface area contributed by atoms with Crippen LogP contribution in [0.4, 0.5) is 0 Å². The van der Waals surface area contributed by atoms with Gasteiger partial charge >= 0.3 is 0 Å². The van der Waals surface area contributed by atoms with Crippen LogP contribution in [0.5, 0.6) is 0 Å². The molecule has 1 atom stereocenters. The first-order valence-electron chi connectivity index (χ1n) is 4.99. The fourth-order valence-electron chi connectivity index (χ4n) is 1.73. The number of carbonyl (C=O) groups is 1. The number of hydrogen-bond donors (Lipinski definition) is 1. The minimum atomic E-state index is -0.420. The van der Waals surface area contributed by atoms with Gasteiger partial charge in [-0.3, -0.25) is 4.79 Å². The zero-order valence-electron chi connectivity index (χ0n) is 9.41. The summed E-state index contributed by atoms with van der Waals surface area (Å²) in [6.07, 6.45) is -0.309. The zero-order chi connectivity index (χ0) is 11.5. The summed E-state index contributed by atoms with van der Waals surface area (Å²) >= 11 is 0. The van der Waals surface area contributed by atoms with Crippen molar-refractivity contribution in [1.82, 2.24) is 4.90 Å². The van der Waals surface area contributed by atoms with E-state index in [0.29, 0.717) is 13.1 Å². The molecule has 1 aliphatic heterocycles. The van der Waals surface area contributed by atoms with E-state index in [2.05, 4.69) is 11.8 Å². The van der Waals surface area contributed by atoms with E-state index in [1.165, 1.54) is 0 Å². The predicted molar refractivity (Wildman–Crippen MR) is 56.1 cm³/mol. The van der Waals surface area contributed by atoms with Gasteiger partial charge in [0.15, 0.2) is 0 Å². The van der Waals surface area contributed by atoms with Crippen molar-refractivity contribution in [3.8, 4) is 11.8 Å². The molecule has 1 amide bonds. The summed E-state index contributed by atoms with van der Waals surface area (Å²) in [5.74, 6) is 4.88. The fraction of sp³-hybridized carbons (Fsp3) is 0.727. The lowest BCUT2D eigenvalue weighted by atomic mass is 10.1. The molecule has 1 heterocycles. The van der Waals surface area contributed by atoms with Crippen LogP contribution >= 0.6 is 0 Å². The third kappa shape index (κ3) is 3.22. The van der Waals surface area contributed by atoms with Gasteiger partial charge in [-0.2, -0.15) is 0 Å². The molecule has 1 rings (SSSR count). The van der Waals surface area contributed by atoms with E-state index in [9.17, 15) is 4.79 Å². The van der Waals surface area contributed by atoms with Gasteiger partial charge in [0.2, 0.25) is 0 Å². The average Bonchev–Trinajstić information content (AvgIpc) is 2.15. The molecule has 1 N–H and O–H groups in total. The molecule has 0 aromatic carbocycles. The van der Waals surface area contributed by atoms with Crippen molar-refractivity contribution in [2.75, 3.05) is 19.7 Å². The highest BCUT2D eigenvalue weighted by Gasteiger charge is 2.34. The van der Waals surface area contributed by atoms with E-state index >= 15 is 0 Å². The molecule has 0 spiro atoms. The molecule has 84 valence electrons. The summed E-state index contributed by atoms with van der Waals surface area (Å²) in [7, 11) is 0. The van der Waals surface area contributed by atoms with Crippen molar-refractivity contribution in [3.05, 3.63) is 0 Å². The average molecular weight is 211 g/mol. The lowest BCUT2D eigenvalue weighted by Gasteiger charge is -2.41. The second-order valence-corrected chi connectivity index (χ2v) is 4.24. The largest absolute Gasteiger partial charge is 0.394 e. The van der Waals surface area contributed by atoms with Crippen LogP contribution in [0.15, 0.2) is 0 Å². The minimum absolute atomic E-state index is 0.0766. The van der Waals surface area contributed by atoms with Crippen LogP contribution in [0.3, 0.4) is 0 Å². The van der Waals surface area contributed by atoms with E-state index in [-0.39, 0.29) is 18.6 Å². The van der Waals surface area contributed by atoms with Gasteiger partial charge in [-0.15, -0.1) is 0 Å². The highest BCUT2D eigenvalue weighted by molar-refractivity contribution is 5.93. The third-order valence-electron chi connectivity index (χ3n) is 2.20. The SMILES string of the molecule is CC#CC(=O)N1CC(CO)OC(C)(C)C1. The van der Waals surface area contributed by atoms with Crippen LogP contribution in [0.1, 0.15) is 20.8 Å². The van der Waals surface area contributed by atoms with Crippen molar-refractivity contribution in [2.24, 2.45) is 0 Å². The zero-order valence-corrected chi connectivity index (χ0v) is 9.41. The maximum Gasteiger partial charge on any atom is 0.298 e. The summed E-state index contributed by atoms with van der Waals surface area (Å²) in [6.45, 7) is 6.27. The van der Waals surface area contributed by atoms with Crippen LogP contribution in [0.25, 0.3) is 0 Å². The number of aliphatic hydroxyl groups excluding tert-OH is 1. The molecule has 15 heavy (non-hydrogen) atoms. The highest BCUT2D eigenvalue weighted by Crippen LogP contribution is 2.20. The summed E-state index contributed by atoms with van der Waals surface area (Å²) in [5.41, 5.74) is -0.420. The molecule has 4 nitrogen and oxygen atoms in total. The Bertz CT molecular complexity index is 301. The molecule has 1 fully saturated rings. The molecule has 0 aliphatic carbocycles. The van der Waals surface area contributed by atoms with E-state index in [1.54, 1.807) is 11.8 Å². The normalized spacial score (nSPS) is 24.3. The Morgan fingerprint density at radius 3 is 2.87 bits per heavy atom. The van der Waals surface area contributed by atoms with Gasteiger partial charge in [0.05, 0.1) is 31.4 Å². The fourth-order valence-corrected chi connectivity index (χ4v) is 1.73. The molecule has 0 aromatic rings. The number of ether oxygens (including phenoxy) is 1. The van der Waals surface area contributed by atoms with E-state index in [4.69, 9.17) is 9.84 Å². The number of hydrogen-bond acceptors (Lipinski definition) is 3. The Morgan fingerprint density at radius 1 is 1.67 bits per heavy atom. The minimum Gasteiger partial charge on any atom is -0.394 e. The first kappa shape index (κ1) is 12.0. The van der Waals surface area contributed by atoms with Crippen molar-refractivity contribution < 1.29 is 14.6 Å². The Hall–Kier alpha value is -1.05. The number of aliphatic hydroxyl groups is 1. The van der Waals surface area contributed by atoms with Crippen molar-refractivity contribution in [2.45, 2.75) is 32.5 Å². The smallest absolute Gasteiger partial charge is 0.298 e. The quantitative estimate of drug-likeness (QED) is 0.621. The summed E-state index contributed by atoms with van der Waals surface area (Å²) < 4.78 is 5.59. The van der Waals surface area contributed by atoms with Gasteiger partial charge in [0.1, 0.15) is 0 Å². The second-order valence-electron chi connectivity index (χ2n) is 4.24. The maximum absolute atomic E-state index is 11.6. The topological polar surface area (TPSA) is 49.8 Å². The summed E-state index contributed by atoms with van der Waals surface area (Å²) in [5, 5.41) is 9.05. The molecular weight excluding hydrogens is 194 g/mol. The first-order chi connectivity index (χ1) is 6.98. The van der Waals surface area contributed by atoms with Gasteiger partial charge in [-0.25, -0.2) is 0 Å². The van der Waals surface area contributed by atoms with E-state index < -0.39 is 5.60 Å². The lowest BCUT2D eigenvalue weighted by Crippen LogP contribution is -2.55. The Morgan fingerprint density at radius 2 is 2.33 bits per heavy atom. The molecule has 0 bridgehead atoms. The number of rotatable bonds is 1. The van der Waals surface area contributed by atoms with Gasteiger partial charge < -0.3 is 14.7 Å². The van der Waals surface area contributed by atoms with Gasteiger partial charge in [0.25, 0.3) is 5.91 Å². The maximum atomic E-state index is 11.6. The molecule has 1 saturated heterocycles. The molecule has 1 unspecified atom stereocenters. The van der Waals surface area contributed by atoms with E-state index in [0.717, 1.165) is 0 Å². The van der Waals surface area contributed by atoms with Crippen molar-refractivity contribution in [3.63, 3.8) is 0 Å². The molecule has 0 radical (unpaired) electrons. The molecule has 4 heteroatoms. The van der Waals surface area contributed by atoms with Gasteiger partial charge in [-0.1, -0.05) is 5.92 Å². The summed E-state index contributed by atoms with van der Waals surface area (Å²) in [6, 6.07) is 0. The number of carbonyl (C=O) groups excluding carboxylic acids is 1. The van der Waals surface area contributed by atoms with Crippen LogP contribution in [0.2, 0.25) is 0 Å². The Balaban J connectivity index is 2.72. The van der Waals surface area contributed by atoms with Crippen LogP contribution in [0, 0.1) is 11.8 Å². The number of nitrogens with zero attached hydrogens (tertiary/aromatic N) is 1. The lowest BCUT2D eigenvalue weighted by molar-refractivity contribution is -0.162. The standard InChI is InChI=1S/C11H17NO3/c1-4-5-10(14)12-6-9(7-13)15-11(2,3)8-12/h9,13H,6-8H2,1-3H3. The highest BCUT2D eigenvalue weighted by atomic mass is 16.5. The molecule has 0 aromatic heterocycles. The third-order valence-corrected chi connectivity index (χ3v) is 2.20. The summed E-state index contributed by atoms with van der Waals surface area (Å²) in [4.78, 5) is 13.2. The van der Waals surface area contributed by atoms with Crippen molar-refractivity contribution >= 4 is 5.91 Å². The van der Waals surface area contributed by atoms with Gasteiger partial charge in [-0.05, 0) is 26.7 Å². The first-order valence-corrected chi connectivity index (χ1v) is 4.99. The number of amides is 1. The predicted octanol–water partition coefficient (Wildman–Crippen LogP) is 0.00800. The van der Waals surface area contributed by atoms with Crippen LogP contribution in [-0.4, -0.2) is 47.3 Å². The molecule has 0 saturated carbocycles. The Labute approximate surface area is 90.2 Å².